The summed E-state index contributed by atoms with van der Waals surface area (Å²) in [5.74, 6) is -0.639. The molecule has 0 unspecified atom stereocenters. The molecule has 0 atom stereocenters. The van der Waals surface area contributed by atoms with Crippen molar-refractivity contribution in [1.29, 1.82) is 5.26 Å². The van der Waals surface area contributed by atoms with Crippen LogP contribution in [0.3, 0.4) is 0 Å². The van der Waals surface area contributed by atoms with E-state index in [1.807, 2.05) is 24.3 Å². The largest absolute Gasteiger partial charge is 0.321 e. The zero-order valence-electron chi connectivity index (χ0n) is 15.5. The molecule has 0 saturated carbocycles. The quantitative estimate of drug-likeness (QED) is 0.448. The lowest BCUT2D eigenvalue weighted by atomic mass is 10.2. The van der Waals surface area contributed by atoms with E-state index >= 15 is 0 Å². The first-order chi connectivity index (χ1) is 14.3. The number of aromatic nitrogens is 2. The van der Waals surface area contributed by atoms with Crippen LogP contribution in [0.1, 0.15) is 11.1 Å². The van der Waals surface area contributed by atoms with Crippen LogP contribution in [-0.2, 0) is 21.4 Å². The summed E-state index contributed by atoms with van der Waals surface area (Å²) in [5.41, 5.74) is 1.64. The second kappa shape index (κ2) is 8.92. The molecule has 8 nitrogen and oxygen atoms in total. The van der Waals surface area contributed by atoms with Crippen LogP contribution in [0.5, 0.6) is 0 Å². The van der Waals surface area contributed by atoms with Gasteiger partial charge in [-0.1, -0.05) is 29.8 Å². The molecule has 3 aromatic rings. The van der Waals surface area contributed by atoms with Crippen molar-refractivity contribution >= 4 is 39.3 Å². The molecule has 30 heavy (non-hydrogen) atoms. The number of primary sulfonamides is 1. The minimum atomic E-state index is -3.83. The van der Waals surface area contributed by atoms with E-state index in [9.17, 15) is 18.5 Å². The summed E-state index contributed by atoms with van der Waals surface area (Å²) in [7, 11) is -3.83. The van der Waals surface area contributed by atoms with E-state index in [0.717, 1.165) is 5.56 Å². The van der Waals surface area contributed by atoms with Gasteiger partial charge in [-0.2, -0.15) is 10.4 Å². The topological polar surface area (TPSA) is 131 Å². The number of nitrogens with one attached hydrogen (secondary N) is 1. The number of nitrogens with zero attached hydrogens (tertiary/aromatic N) is 3. The summed E-state index contributed by atoms with van der Waals surface area (Å²) in [6, 6.07) is 14.5. The lowest BCUT2D eigenvalue weighted by Gasteiger charge is -2.05. The molecule has 3 N–H and O–H groups in total. The number of sulfonamides is 1. The molecule has 0 saturated heterocycles. The Morgan fingerprint density at radius 2 is 1.93 bits per heavy atom. The summed E-state index contributed by atoms with van der Waals surface area (Å²) in [6.07, 6.45) is 4.63. The number of amides is 1. The zero-order chi connectivity index (χ0) is 21.7. The zero-order valence-corrected chi connectivity index (χ0v) is 17.1. The number of hydrogen-bond acceptors (Lipinski definition) is 5. The lowest BCUT2D eigenvalue weighted by Crippen LogP contribution is -2.14. The van der Waals surface area contributed by atoms with Crippen LogP contribution >= 0.6 is 11.6 Å². The molecule has 0 spiro atoms. The molecule has 0 fully saturated rings. The van der Waals surface area contributed by atoms with Crippen LogP contribution in [0.4, 0.5) is 5.69 Å². The maximum Gasteiger partial charge on any atom is 0.266 e. The van der Waals surface area contributed by atoms with Crippen molar-refractivity contribution in [3.05, 3.63) is 82.6 Å². The van der Waals surface area contributed by atoms with Gasteiger partial charge < -0.3 is 5.32 Å². The van der Waals surface area contributed by atoms with Gasteiger partial charge in [0.1, 0.15) is 11.6 Å². The van der Waals surface area contributed by atoms with Crippen molar-refractivity contribution in [2.75, 3.05) is 5.32 Å². The molecule has 1 amide bonds. The fourth-order valence-corrected chi connectivity index (χ4v) is 3.29. The lowest BCUT2D eigenvalue weighted by molar-refractivity contribution is -0.112. The van der Waals surface area contributed by atoms with Gasteiger partial charge in [-0.3, -0.25) is 9.48 Å². The van der Waals surface area contributed by atoms with E-state index in [-0.39, 0.29) is 10.5 Å². The summed E-state index contributed by atoms with van der Waals surface area (Å²) in [4.78, 5) is 12.3. The normalized spacial score (nSPS) is 11.7. The molecule has 152 valence electrons. The first kappa shape index (κ1) is 21.3. The van der Waals surface area contributed by atoms with Crippen LogP contribution in [0.15, 0.2) is 71.4 Å². The number of rotatable bonds is 6. The van der Waals surface area contributed by atoms with Crippen LogP contribution in [-0.4, -0.2) is 24.1 Å². The van der Waals surface area contributed by atoms with E-state index in [2.05, 4.69) is 10.4 Å². The van der Waals surface area contributed by atoms with Crippen LogP contribution in [0.2, 0.25) is 5.02 Å². The van der Waals surface area contributed by atoms with Crippen molar-refractivity contribution in [3.8, 4) is 6.07 Å². The Morgan fingerprint density at radius 3 is 2.57 bits per heavy atom. The summed E-state index contributed by atoms with van der Waals surface area (Å²) in [5, 5.41) is 21.8. The van der Waals surface area contributed by atoms with Crippen molar-refractivity contribution < 1.29 is 13.2 Å². The van der Waals surface area contributed by atoms with Crippen molar-refractivity contribution in [2.45, 2.75) is 11.4 Å². The number of hydrogen-bond donors (Lipinski definition) is 2. The number of carbonyl (C=O) groups excluding carboxylic acids is 1. The fourth-order valence-electron chi connectivity index (χ4n) is 2.58. The van der Waals surface area contributed by atoms with Gasteiger partial charge in [-0.25, -0.2) is 13.6 Å². The number of carbonyl (C=O) groups is 1. The molecule has 0 aliphatic heterocycles. The van der Waals surface area contributed by atoms with Gasteiger partial charge in [0.2, 0.25) is 10.0 Å². The van der Waals surface area contributed by atoms with Gasteiger partial charge >= 0.3 is 0 Å². The summed E-state index contributed by atoms with van der Waals surface area (Å²) in [6.45, 7) is 0.442. The van der Waals surface area contributed by atoms with E-state index in [4.69, 9.17) is 16.7 Å². The standard InChI is InChI=1S/C20H16ClN5O3S/c21-19-4-2-1-3-15(19)13-26-12-14(11-24-26)9-16(10-22)20(27)25-17-5-7-18(8-6-17)30(23,28)29/h1-9,11-12H,13H2,(H,25,27)(H2,23,28,29)/b16-9+. The Hall–Kier alpha value is -3.45. The van der Waals surface area contributed by atoms with Gasteiger partial charge in [0.15, 0.2) is 0 Å². The molecule has 1 heterocycles. The monoisotopic (exact) mass is 441 g/mol. The third-order valence-corrected chi connectivity index (χ3v) is 5.36. The van der Waals surface area contributed by atoms with Gasteiger partial charge in [0.25, 0.3) is 5.91 Å². The third-order valence-electron chi connectivity index (χ3n) is 4.06. The molecule has 0 aliphatic carbocycles. The number of anilines is 1. The number of nitriles is 1. The highest BCUT2D eigenvalue weighted by Crippen LogP contribution is 2.17. The summed E-state index contributed by atoms with van der Waals surface area (Å²) < 4.78 is 24.2. The fraction of sp³-hybridized carbons (Fsp3) is 0.0500. The molecule has 0 radical (unpaired) electrons. The van der Waals surface area contributed by atoms with Crippen LogP contribution in [0.25, 0.3) is 6.08 Å². The number of nitrogens with two attached hydrogens (primary N) is 1. The van der Waals surface area contributed by atoms with Gasteiger partial charge in [-0.05, 0) is 42.0 Å². The van der Waals surface area contributed by atoms with E-state index in [0.29, 0.717) is 22.8 Å². The second-order valence-electron chi connectivity index (χ2n) is 6.26. The van der Waals surface area contributed by atoms with Crippen LogP contribution < -0.4 is 10.5 Å². The highest BCUT2D eigenvalue weighted by atomic mass is 35.5. The average Bonchev–Trinajstić information content (AvgIpc) is 3.14. The van der Waals surface area contributed by atoms with Gasteiger partial charge in [0.05, 0.1) is 17.6 Å². The molecule has 3 rings (SSSR count). The smallest absolute Gasteiger partial charge is 0.266 e. The summed E-state index contributed by atoms with van der Waals surface area (Å²) >= 11 is 6.15. The third kappa shape index (κ3) is 5.33. The highest BCUT2D eigenvalue weighted by molar-refractivity contribution is 7.89. The maximum atomic E-state index is 12.4. The molecule has 1 aromatic heterocycles. The Balaban J connectivity index is 1.72. The number of benzene rings is 2. The Morgan fingerprint density at radius 1 is 1.23 bits per heavy atom. The first-order valence-corrected chi connectivity index (χ1v) is 10.5. The van der Waals surface area contributed by atoms with Crippen molar-refractivity contribution in [2.24, 2.45) is 5.14 Å². The minimum Gasteiger partial charge on any atom is -0.321 e. The number of halogens is 1. The maximum absolute atomic E-state index is 12.4. The van der Waals surface area contributed by atoms with Gasteiger partial charge in [-0.15, -0.1) is 0 Å². The highest BCUT2D eigenvalue weighted by Gasteiger charge is 2.12. The average molecular weight is 442 g/mol. The van der Waals surface area contributed by atoms with Crippen molar-refractivity contribution in [1.82, 2.24) is 9.78 Å². The first-order valence-electron chi connectivity index (χ1n) is 8.58. The SMILES string of the molecule is N#C/C(=C\c1cnn(Cc2ccccc2Cl)c1)C(=O)Nc1ccc(S(N)(=O)=O)cc1. The molecule has 0 aliphatic rings. The molecule has 2 aromatic carbocycles. The van der Waals surface area contributed by atoms with Crippen molar-refractivity contribution in [3.63, 3.8) is 0 Å². The molecule has 10 heteroatoms. The second-order valence-corrected chi connectivity index (χ2v) is 8.22. The Bertz CT molecular complexity index is 1260. The van der Waals surface area contributed by atoms with Gasteiger partial charge in [0, 0.05) is 22.5 Å². The molecular formula is C20H16ClN5O3S. The van der Waals surface area contributed by atoms with E-state index < -0.39 is 15.9 Å². The molecule has 0 bridgehead atoms. The molecular weight excluding hydrogens is 426 g/mol. The predicted molar refractivity (Wildman–Crippen MR) is 113 cm³/mol. The minimum absolute atomic E-state index is 0.0810. The predicted octanol–water partition coefficient (Wildman–Crippen LogP) is 2.78. The van der Waals surface area contributed by atoms with Crippen LogP contribution in [0, 0.1) is 11.3 Å². The van der Waals surface area contributed by atoms with E-state index in [1.54, 1.807) is 16.9 Å². The van der Waals surface area contributed by atoms with E-state index in [1.165, 1.54) is 36.5 Å². The Labute approximate surface area is 178 Å². The Kier molecular flexibility index (Phi) is 6.32.